The first-order valence-corrected chi connectivity index (χ1v) is 11.5. The number of benzene rings is 1. The lowest BCUT2D eigenvalue weighted by atomic mass is 9.77. The fourth-order valence-electron chi connectivity index (χ4n) is 4.39. The molecule has 2 fully saturated rings. The van der Waals surface area contributed by atoms with Crippen molar-refractivity contribution < 1.29 is 26.9 Å². The predicted molar refractivity (Wildman–Crippen MR) is 120 cm³/mol. The van der Waals surface area contributed by atoms with E-state index in [1.165, 1.54) is 24.3 Å². The number of piperidine rings is 1. The Morgan fingerprint density at radius 3 is 2.54 bits per heavy atom. The van der Waals surface area contributed by atoms with Crippen LogP contribution in [0.2, 0.25) is 0 Å². The van der Waals surface area contributed by atoms with Gasteiger partial charge in [0, 0.05) is 47.8 Å². The molecule has 1 aliphatic carbocycles. The molecule has 1 aromatic carbocycles. The van der Waals surface area contributed by atoms with Crippen LogP contribution < -0.4 is 5.32 Å². The molecule has 6 nitrogen and oxygen atoms in total. The van der Waals surface area contributed by atoms with Crippen molar-refractivity contribution in [3.8, 4) is 11.1 Å². The number of pyridine rings is 1. The highest BCUT2D eigenvalue weighted by atomic mass is 19.4. The lowest BCUT2D eigenvalue weighted by molar-refractivity contribution is -0.141. The first kappa shape index (κ1) is 23.3. The van der Waals surface area contributed by atoms with Crippen molar-refractivity contribution >= 4 is 11.7 Å². The maximum atomic E-state index is 14.7. The third kappa shape index (κ3) is 4.74. The van der Waals surface area contributed by atoms with Crippen LogP contribution in [0.1, 0.15) is 55.7 Å². The fourth-order valence-corrected chi connectivity index (χ4v) is 4.39. The van der Waals surface area contributed by atoms with Crippen molar-refractivity contribution in [3.63, 3.8) is 0 Å². The Morgan fingerprint density at radius 2 is 1.91 bits per heavy atom. The molecule has 184 valence electrons. The van der Waals surface area contributed by atoms with Gasteiger partial charge in [0.1, 0.15) is 17.3 Å². The van der Waals surface area contributed by atoms with Crippen LogP contribution in [0.3, 0.4) is 0 Å². The highest BCUT2D eigenvalue weighted by Crippen LogP contribution is 2.43. The van der Waals surface area contributed by atoms with Crippen molar-refractivity contribution in [2.75, 3.05) is 18.4 Å². The molecule has 0 unspecified atom stereocenters. The summed E-state index contributed by atoms with van der Waals surface area (Å²) < 4.78 is 58.8. The number of alkyl halides is 3. The second-order valence-electron chi connectivity index (χ2n) is 9.46. The molecular formula is C25H24F4N4O2. The van der Waals surface area contributed by atoms with E-state index in [1.807, 2.05) is 6.07 Å². The molecule has 1 saturated carbocycles. The van der Waals surface area contributed by atoms with Gasteiger partial charge in [0.05, 0.1) is 11.4 Å². The highest BCUT2D eigenvalue weighted by molar-refractivity contribution is 5.94. The quantitative estimate of drug-likeness (QED) is 0.434. The number of urea groups is 1. The summed E-state index contributed by atoms with van der Waals surface area (Å²) in [5.74, 6) is 0.708. The van der Waals surface area contributed by atoms with Gasteiger partial charge in [0.15, 0.2) is 0 Å². The second-order valence-corrected chi connectivity index (χ2v) is 9.46. The van der Waals surface area contributed by atoms with Gasteiger partial charge < -0.3 is 14.7 Å². The Bertz CT molecular complexity index is 1230. The SMILES string of the molecule is CC1(c2cc(C3CC3)on2)CCN(C(=O)Nc2c(F)cccc2-c2ccc(C(F)(F)F)nc2)CC1. The van der Waals surface area contributed by atoms with Gasteiger partial charge in [-0.2, -0.15) is 13.2 Å². The smallest absolute Gasteiger partial charge is 0.361 e. The van der Waals surface area contributed by atoms with Gasteiger partial charge in [0.25, 0.3) is 0 Å². The molecule has 2 aliphatic rings. The molecule has 0 atom stereocenters. The molecule has 10 heteroatoms. The molecule has 3 aromatic rings. The summed E-state index contributed by atoms with van der Waals surface area (Å²) in [5.41, 5.74) is 0.0374. The first-order chi connectivity index (χ1) is 16.6. The summed E-state index contributed by atoms with van der Waals surface area (Å²) in [6, 6.07) is 7.73. The number of anilines is 1. The van der Waals surface area contributed by atoms with Crippen LogP contribution in [0.4, 0.5) is 28.0 Å². The predicted octanol–water partition coefficient (Wildman–Crippen LogP) is 6.36. The zero-order chi connectivity index (χ0) is 24.8. The number of likely N-dealkylation sites (tertiary alicyclic amines) is 1. The van der Waals surface area contributed by atoms with Gasteiger partial charge in [-0.15, -0.1) is 0 Å². The van der Waals surface area contributed by atoms with Gasteiger partial charge in [-0.25, -0.2) is 9.18 Å². The molecule has 1 N–H and O–H groups in total. The van der Waals surface area contributed by atoms with E-state index in [4.69, 9.17) is 4.52 Å². The van der Waals surface area contributed by atoms with Crippen LogP contribution in [-0.4, -0.2) is 34.2 Å². The van der Waals surface area contributed by atoms with Crippen molar-refractivity contribution in [3.05, 3.63) is 65.6 Å². The largest absolute Gasteiger partial charge is 0.433 e. The van der Waals surface area contributed by atoms with Crippen molar-refractivity contribution in [1.29, 1.82) is 0 Å². The summed E-state index contributed by atoms with van der Waals surface area (Å²) in [6.07, 6.45) is 0.0346. The number of aromatic nitrogens is 2. The number of para-hydroxylation sites is 1. The minimum atomic E-state index is -4.58. The minimum absolute atomic E-state index is 0.0991. The van der Waals surface area contributed by atoms with Crippen LogP contribution >= 0.6 is 0 Å². The lowest BCUT2D eigenvalue weighted by Gasteiger charge is -2.38. The zero-order valence-electron chi connectivity index (χ0n) is 19.0. The summed E-state index contributed by atoms with van der Waals surface area (Å²) in [6.45, 7) is 2.99. The van der Waals surface area contributed by atoms with E-state index in [9.17, 15) is 22.4 Å². The number of nitrogens with zero attached hydrogens (tertiary/aromatic N) is 3. The van der Waals surface area contributed by atoms with E-state index >= 15 is 0 Å². The van der Waals surface area contributed by atoms with Gasteiger partial charge >= 0.3 is 12.2 Å². The number of nitrogens with one attached hydrogen (secondary N) is 1. The molecule has 0 radical (unpaired) electrons. The Hall–Kier alpha value is -3.43. The Kier molecular flexibility index (Phi) is 5.77. The topological polar surface area (TPSA) is 71.3 Å². The molecule has 5 rings (SSSR count). The summed E-state index contributed by atoms with van der Waals surface area (Å²) in [4.78, 5) is 18.0. The summed E-state index contributed by atoms with van der Waals surface area (Å²) in [7, 11) is 0. The molecule has 3 heterocycles. The van der Waals surface area contributed by atoms with E-state index in [1.54, 1.807) is 4.90 Å². The van der Waals surface area contributed by atoms with E-state index in [0.717, 1.165) is 36.6 Å². The fraction of sp³-hybridized carbons (Fsp3) is 0.400. The number of hydrogen-bond donors (Lipinski definition) is 1. The number of amides is 2. The van der Waals surface area contributed by atoms with Crippen molar-refractivity contribution in [2.24, 2.45) is 0 Å². The van der Waals surface area contributed by atoms with E-state index < -0.39 is 23.7 Å². The first-order valence-electron chi connectivity index (χ1n) is 11.5. The third-order valence-electron chi connectivity index (χ3n) is 6.89. The normalized spacial score (nSPS) is 17.9. The molecule has 0 bridgehead atoms. The standard InChI is InChI=1S/C25H24F4N4O2/c1-24(21-13-19(35-32-21)15-5-6-15)9-11-33(12-10-24)23(34)31-22-17(3-2-4-18(22)26)16-7-8-20(30-14-16)25(27,28)29/h2-4,7-8,13-15H,5-6,9-12H2,1H3,(H,31,34). The zero-order valence-corrected chi connectivity index (χ0v) is 19.0. The highest BCUT2D eigenvalue weighted by Gasteiger charge is 2.38. The number of carbonyl (C=O) groups excluding carboxylic acids is 1. The second kappa shape index (κ2) is 8.66. The number of rotatable bonds is 4. The van der Waals surface area contributed by atoms with Crippen LogP contribution in [0.25, 0.3) is 11.1 Å². The van der Waals surface area contributed by atoms with Crippen LogP contribution in [0.5, 0.6) is 0 Å². The minimum Gasteiger partial charge on any atom is -0.361 e. The molecule has 2 aromatic heterocycles. The van der Waals surface area contributed by atoms with Crippen molar-refractivity contribution in [2.45, 2.75) is 50.1 Å². The monoisotopic (exact) mass is 488 g/mol. The maximum absolute atomic E-state index is 14.7. The van der Waals surface area contributed by atoms with Gasteiger partial charge in [-0.3, -0.25) is 4.98 Å². The van der Waals surface area contributed by atoms with E-state index in [0.29, 0.717) is 31.8 Å². The lowest BCUT2D eigenvalue weighted by Crippen LogP contribution is -2.45. The molecule has 35 heavy (non-hydrogen) atoms. The molecule has 2 amide bonds. The Labute approximate surface area is 199 Å². The van der Waals surface area contributed by atoms with E-state index in [2.05, 4.69) is 22.4 Å². The Morgan fingerprint density at radius 1 is 1.17 bits per heavy atom. The summed E-state index contributed by atoms with van der Waals surface area (Å²) in [5, 5.41) is 6.88. The van der Waals surface area contributed by atoms with Gasteiger partial charge in [-0.05, 0) is 37.8 Å². The van der Waals surface area contributed by atoms with Crippen LogP contribution in [0.15, 0.2) is 47.1 Å². The van der Waals surface area contributed by atoms with E-state index in [-0.39, 0.29) is 22.2 Å². The molecule has 1 aliphatic heterocycles. The van der Waals surface area contributed by atoms with Gasteiger partial charge in [-0.1, -0.05) is 30.3 Å². The summed E-state index contributed by atoms with van der Waals surface area (Å²) >= 11 is 0. The number of carbonyl (C=O) groups is 1. The molecular weight excluding hydrogens is 464 g/mol. The van der Waals surface area contributed by atoms with Crippen LogP contribution in [0, 0.1) is 5.82 Å². The molecule has 0 spiro atoms. The maximum Gasteiger partial charge on any atom is 0.433 e. The van der Waals surface area contributed by atoms with Gasteiger partial charge in [0.2, 0.25) is 0 Å². The Balaban J connectivity index is 1.29. The number of halogens is 4. The average molecular weight is 488 g/mol. The van der Waals surface area contributed by atoms with Crippen LogP contribution in [-0.2, 0) is 11.6 Å². The molecule has 1 saturated heterocycles. The third-order valence-corrected chi connectivity index (χ3v) is 6.89. The number of hydrogen-bond acceptors (Lipinski definition) is 4. The average Bonchev–Trinajstić information content (AvgIpc) is 3.56. The van der Waals surface area contributed by atoms with Crippen molar-refractivity contribution in [1.82, 2.24) is 15.0 Å².